The van der Waals surface area contributed by atoms with Gasteiger partial charge in [-0.05, 0) is 42.5 Å². The van der Waals surface area contributed by atoms with Gasteiger partial charge in [-0.3, -0.25) is 9.28 Å². The lowest BCUT2D eigenvalue weighted by Crippen LogP contribution is -2.46. The summed E-state index contributed by atoms with van der Waals surface area (Å²) in [6.07, 6.45) is 12.5. The van der Waals surface area contributed by atoms with Crippen LogP contribution < -0.4 is 4.48 Å². The Kier molecular flexibility index (Phi) is 7.64. The molecule has 1 amide bonds. The molecule has 3 nitrogen and oxygen atoms in total. The van der Waals surface area contributed by atoms with Crippen LogP contribution in [0.3, 0.4) is 0 Å². The van der Waals surface area contributed by atoms with Crippen LogP contribution >= 0.6 is 0 Å². The maximum Gasteiger partial charge on any atom is 0.222 e. The lowest BCUT2D eigenvalue weighted by atomic mass is 10.1. The molecule has 3 heteroatoms. The van der Waals surface area contributed by atoms with E-state index in [1.165, 1.54) is 22.5 Å². The molecule has 2 aromatic rings. The van der Waals surface area contributed by atoms with Crippen LogP contribution in [-0.2, 0) is 4.79 Å². The van der Waals surface area contributed by atoms with Crippen LogP contribution in [0.25, 0.3) is 12.2 Å². The molecule has 0 radical (unpaired) electrons. The Morgan fingerprint density at radius 2 is 1.50 bits per heavy atom. The molecule has 1 aliphatic heterocycles. The lowest BCUT2D eigenvalue weighted by Gasteiger charge is -2.35. The molecule has 0 bridgehead atoms. The number of carbonyl (C=O) groups excluding carboxylic acids is 1. The van der Waals surface area contributed by atoms with E-state index in [2.05, 4.69) is 93.7 Å². The summed E-state index contributed by atoms with van der Waals surface area (Å²) in [4.78, 5) is 14.2. The number of allylic oxidation sites excluding steroid dienone is 2. The van der Waals surface area contributed by atoms with Gasteiger partial charge in [0.1, 0.15) is 17.9 Å². The summed E-state index contributed by atoms with van der Waals surface area (Å²) in [6.45, 7) is 6.83. The number of rotatable bonds is 9. The third-order valence-corrected chi connectivity index (χ3v) is 5.96. The van der Waals surface area contributed by atoms with E-state index in [0.29, 0.717) is 16.8 Å². The lowest BCUT2D eigenvalue weighted by molar-refractivity contribution is -0.127. The Labute approximate surface area is 181 Å². The molecule has 1 aliphatic rings. The first-order valence-corrected chi connectivity index (χ1v) is 11.2. The summed E-state index contributed by atoms with van der Waals surface area (Å²) in [7, 11) is 2.27. The fourth-order valence-electron chi connectivity index (χ4n) is 4.05. The first-order chi connectivity index (χ1) is 14.6. The van der Waals surface area contributed by atoms with E-state index in [0.717, 1.165) is 38.9 Å². The van der Waals surface area contributed by atoms with Gasteiger partial charge in [0.25, 0.3) is 0 Å². The van der Waals surface area contributed by atoms with Crippen molar-refractivity contribution in [1.29, 1.82) is 0 Å². The number of quaternary nitrogens is 1. The van der Waals surface area contributed by atoms with Gasteiger partial charge >= 0.3 is 0 Å². The number of benzene rings is 2. The van der Waals surface area contributed by atoms with Gasteiger partial charge < -0.3 is 4.90 Å². The van der Waals surface area contributed by atoms with Crippen LogP contribution in [0, 0.1) is 0 Å². The smallest absolute Gasteiger partial charge is 0.222 e. The van der Waals surface area contributed by atoms with Gasteiger partial charge in [0, 0.05) is 25.1 Å². The van der Waals surface area contributed by atoms with Crippen molar-refractivity contribution in [3.8, 4) is 0 Å². The molecule has 0 spiro atoms. The standard InChI is InChI=1S/C27H35N2O/c1-4-6-11-23-13-8-15-25(21-23)29(3,20-19-28-18-10-17-27(28)30)26-16-9-14-24(22-26)12-7-5-2/h6-9,11-16,21-22H,4-5,10,17-20H2,1-3H3/q+1. The molecule has 0 saturated carbocycles. The van der Waals surface area contributed by atoms with Crippen molar-refractivity contribution in [3.05, 3.63) is 71.8 Å². The summed E-state index contributed by atoms with van der Waals surface area (Å²) in [5.41, 5.74) is 4.93. The first kappa shape index (κ1) is 22.0. The number of hydrogen-bond donors (Lipinski definition) is 0. The Hall–Kier alpha value is -2.65. The Morgan fingerprint density at radius 1 is 0.933 bits per heavy atom. The van der Waals surface area contributed by atoms with Gasteiger partial charge in [-0.2, -0.15) is 0 Å². The average Bonchev–Trinajstić information content (AvgIpc) is 3.19. The van der Waals surface area contributed by atoms with E-state index in [-0.39, 0.29) is 0 Å². The van der Waals surface area contributed by atoms with Crippen molar-refractivity contribution < 1.29 is 4.79 Å². The maximum atomic E-state index is 12.2. The van der Waals surface area contributed by atoms with E-state index in [4.69, 9.17) is 0 Å². The number of carbonyl (C=O) groups is 1. The molecule has 2 aromatic carbocycles. The molecule has 158 valence electrons. The normalized spacial score (nSPS) is 16.6. The van der Waals surface area contributed by atoms with Crippen LogP contribution in [0.5, 0.6) is 0 Å². The van der Waals surface area contributed by atoms with Crippen molar-refractivity contribution in [2.45, 2.75) is 39.5 Å². The Balaban J connectivity index is 1.99. The fourth-order valence-corrected chi connectivity index (χ4v) is 4.05. The summed E-state index contributed by atoms with van der Waals surface area (Å²) < 4.78 is 0.672. The van der Waals surface area contributed by atoms with Gasteiger partial charge in [0.05, 0.1) is 13.6 Å². The Morgan fingerprint density at radius 3 is 1.97 bits per heavy atom. The highest BCUT2D eigenvalue weighted by atomic mass is 16.2. The number of hydrogen-bond acceptors (Lipinski definition) is 1. The number of likely N-dealkylation sites (tertiary alicyclic amines) is 1. The van der Waals surface area contributed by atoms with Crippen molar-refractivity contribution in [1.82, 2.24) is 9.38 Å². The second-order valence-corrected chi connectivity index (χ2v) is 8.21. The molecule has 0 aromatic heterocycles. The summed E-state index contributed by atoms with van der Waals surface area (Å²) in [5, 5.41) is 0. The predicted octanol–water partition coefficient (Wildman–Crippen LogP) is 6.42. The maximum absolute atomic E-state index is 12.2. The van der Waals surface area contributed by atoms with E-state index < -0.39 is 0 Å². The molecule has 1 heterocycles. The van der Waals surface area contributed by atoms with Gasteiger partial charge in [0.15, 0.2) is 0 Å². The van der Waals surface area contributed by atoms with Gasteiger partial charge in [-0.15, -0.1) is 0 Å². The van der Waals surface area contributed by atoms with E-state index in [1.807, 2.05) is 4.90 Å². The Bertz CT molecular complexity index is 855. The van der Waals surface area contributed by atoms with Crippen molar-refractivity contribution in [2.24, 2.45) is 0 Å². The molecule has 1 fully saturated rings. The molecular weight excluding hydrogens is 368 g/mol. The third kappa shape index (κ3) is 5.28. The highest BCUT2D eigenvalue weighted by Gasteiger charge is 2.31. The molecule has 0 unspecified atom stereocenters. The zero-order valence-corrected chi connectivity index (χ0v) is 18.7. The van der Waals surface area contributed by atoms with Gasteiger partial charge in [-0.1, -0.05) is 62.4 Å². The van der Waals surface area contributed by atoms with Crippen LogP contribution in [0.4, 0.5) is 11.4 Å². The first-order valence-electron chi connectivity index (χ1n) is 11.2. The van der Waals surface area contributed by atoms with Crippen LogP contribution in [0.2, 0.25) is 0 Å². The second kappa shape index (κ2) is 10.4. The summed E-state index contributed by atoms with van der Waals surface area (Å²) in [6, 6.07) is 17.6. The van der Waals surface area contributed by atoms with Gasteiger partial charge in [-0.25, -0.2) is 0 Å². The number of amides is 1. The van der Waals surface area contributed by atoms with Crippen LogP contribution in [-0.4, -0.2) is 37.5 Å². The molecule has 30 heavy (non-hydrogen) atoms. The summed E-state index contributed by atoms with van der Waals surface area (Å²) >= 11 is 0. The SMILES string of the molecule is CCC=Cc1cccc([N+](C)(CCN2CCCC2=O)c2cccc(C=CCC)c2)c1. The molecule has 0 N–H and O–H groups in total. The van der Waals surface area contributed by atoms with Crippen LogP contribution in [0.15, 0.2) is 60.7 Å². The number of likely N-dealkylation sites (N-methyl/N-ethyl adjacent to an activating group) is 1. The third-order valence-electron chi connectivity index (χ3n) is 5.96. The second-order valence-electron chi connectivity index (χ2n) is 8.21. The van der Waals surface area contributed by atoms with Crippen molar-refractivity contribution in [2.75, 3.05) is 26.7 Å². The quantitative estimate of drug-likeness (QED) is 0.442. The topological polar surface area (TPSA) is 20.3 Å². The molecule has 3 rings (SSSR count). The fraction of sp³-hybridized carbons (Fsp3) is 0.370. The highest BCUT2D eigenvalue weighted by molar-refractivity contribution is 5.78. The van der Waals surface area contributed by atoms with E-state index in [9.17, 15) is 4.79 Å². The van der Waals surface area contributed by atoms with Crippen molar-refractivity contribution in [3.63, 3.8) is 0 Å². The highest BCUT2D eigenvalue weighted by Crippen LogP contribution is 2.34. The van der Waals surface area contributed by atoms with E-state index >= 15 is 0 Å². The minimum atomic E-state index is 0.292. The average molecular weight is 404 g/mol. The molecule has 0 aliphatic carbocycles. The van der Waals surface area contributed by atoms with Gasteiger partial charge in [0.2, 0.25) is 5.91 Å². The molecule has 1 saturated heterocycles. The largest absolute Gasteiger partial charge is 0.337 e. The number of nitrogens with zero attached hydrogens (tertiary/aromatic N) is 2. The zero-order valence-electron chi connectivity index (χ0n) is 18.7. The van der Waals surface area contributed by atoms with E-state index in [1.54, 1.807) is 0 Å². The minimum Gasteiger partial charge on any atom is -0.337 e. The van der Waals surface area contributed by atoms with Crippen LogP contribution in [0.1, 0.15) is 50.7 Å². The zero-order chi connectivity index (χ0) is 21.4. The monoisotopic (exact) mass is 403 g/mol. The molecular formula is C27H35N2O+. The minimum absolute atomic E-state index is 0.292. The summed E-state index contributed by atoms with van der Waals surface area (Å²) in [5.74, 6) is 0.292. The van der Waals surface area contributed by atoms with Crippen molar-refractivity contribution >= 4 is 29.4 Å². The predicted molar refractivity (Wildman–Crippen MR) is 130 cm³/mol. The molecule has 0 atom stereocenters.